The topological polar surface area (TPSA) is 54.5 Å². The van der Waals surface area contributed by atoms with Crippen LogP contribution in [0.15, 0.2) is 84.9 Å². The number of rotatable bonds is 5. The third kappa shape index (κ3) is 5.21. The molecule has 4 aromatic rings. The monoisotopic (exact) mass is 483 g/mol. The molecule has 0 atom stereocenters. The van der Waals surface area contributed by atoms with Gasteiger partial charge in [-0.1, -0.05) is 71.8 Å². The average molecular weight is 484 g/mol. The van der Waals surface area contributed by atoms with Crippen molar-refractivity contribution in [3.8, 4) is 22.4 Å². The van der Waals surface area contributed by atoms with Crippen molar-refractivity contribution in [2.75, 3.05) is 36.5 Å². The predicted octanol–water partition coefficient (Wildman–Crippen LogP) is 6.47. The van der Waals surface area contributed by atoms with E-state index in [2.05, 4.69) is 10.2 Å². The number of pyridine rings is 1. The number of halogens is 1. The van der Waals surface area contributed by atoms with Crippen LogP contribution in [0.1, 0.15) is 15.9 Å². The molecule has 1 fully saturated rings. The van der Waals surface area contributed by atoms with Gasteiger partial charge in [0.1, 0.15) is 5.82 Å². The van der Waals surface area contributed by atoms with Crippen LogP contribution in [0, 0.1) is 6.92 Å². The van der Waals surface area contributed by atoms with Gasteiger partial charge in [-0.25, -0.2) is 4.98 Å². The molecule has 1 N–H and O–H groups in total. The van der Waals surface area contributed by atoms with Gasteiger partial charge in [0.2, 0.25) is 0 Å². The number of nitrogens with zero attached hydrogens (tertiary/aromatic N) is 2. The van der Waals surface area contributed by atoms with Crippen molar-refractivity contribution in [1.82, 2.24) is 4.98 Å². The lowest BCUT2D eigenvalue weighted by atomic mass is 9.96. The molecular formula is C29H26ClN3O2. The molecule has 176 valence electrons. The molecule has 35 heavy (non-hydrogen) atoms. The number of carbonyl (C=O) groups excluding carboxylic acids is 1. The lowest BCUT2D eigenvalue weighted by Gasteiger charge is -2.30. The molecule has 0 spiro atoms. The summed E-state index contributed by atoms with van der Waals surface area (Å²) in [5.41, 5.74) is 5.91. The number of hydrogen-bond donors (Lipinski definition) is 1. The first-order valence-electron chi connectivity index (χ1n) is 11.7. The van der Waals surface area contributed by atoms with Crippen molar-refractivity contribution in [2.45, 2.75) is 6.92 Å². The molecule has 1 aliphatic heterocycles. The van der Waals surface area contributed by atoms with Crippen LogP contribution in [-0.4, -0.2) is 37.2 Å². The number of ether oxygens (including phenoxy) is 1. The van der Waals surface area contributed by atoms with Crippen molar-refractivity contribution in [3.05, 3.63) is 101 Å². The average Bonchev–Trinajstić information content (AvgIpc) is 2.90. The van der Waals surface area contributed by atoms with Crippen molar-refractivity contribution >= 4 is 29.0 Å². The minimum absolute atomic E-state index is 0.201. The Morgan fingerprint density at radius 1 is 0.914 bits per heavy atom. The maximum absolute atomic E-state index is 13.8. The molecule has 0 saturated carbocycles. The van der Waals surface area contributed by atoms with E-state index in [1.54, 1.807) is 0 Å². The zero-order chi connectivity index (χ0) is 24.2. The van der Waals surface area contributed by atoms with Crippen molar-refractivity contribution in [2.24, 2.45) is 0 Å². The van der Waals surface area contributed by atoms with Crippen LogP contribution in [0.2, 0.25) is 5.02 Å². The Labute approximate surface area is 210 Å². The fourth-order valence-electron chi connectivity index (χ4n) is 4.20. The third-order valence-corrected chi connectivity index (χ3v) is 6.32. The van der Waals surface area contributed by atoms with Crippen molar-refractivity contribution in [3.63, 3.8) is 0 Å². The van der Waals surface area contributed by atoms with E-state index in [9.17, 15) is 4.79 Å². The highest BCUT2D eigenvalue weighted by Crippen LogP contribution is 2.36. The normalized spacial score (nSPS) is 13.5. The molecule has 1 saturated heterocycles. The van der Waals surface area contributed by atoms with Crippen LogP contribution >= 0.6 is 11.6 Å². The Morgan fingerprint density at radius 3 is 2.29 bits per heavy atom. The molecule has 0 bridgehead atoms. The molecule has 3 aromatic carbocycles. The summed E-state index contributed by atoms with van der Waals surface area (Å²) in [5, 5.41) is 3.73. The summed E-state index contributed by atoms with van der Waals surface area (Å²) in [6.45, 7) is 4.53. The number of hydrogen-bond acceptors (Lipinski definition) is 4. The summed E-state index contributed by atoms with van der Waals surface area (Å²) in [6, 6.07) is 27.4. The first-order chi connectivity index (χ1) is 17.1. The maximum atomic E-state index is 13.8. The fraction of sp³-hybridized carbons (Fsp3) is 0.172. The third-order valence-electron chi connectivity index (χ3n) is 6.07. The number of carbonyl (C=O) groups is 1. The van der Waals surface area contributed by atoms with E-state index in [0.29, 0.717) is 42.7 Å². The van der Waals surface area contributed by atoms with E-state index in [1.165, 1.54) is 0 Å². The second kappa shape index (κ2) is 10.3. The fourth-order valence-corrected chi connectivity index (χ4v) is 4.33. The van der Waals surface area contributed by atoms with Gasteiger partial charge >= 0.3 is 0 Å². The molecular weight excluding hydrogens is 458 g/mol. The SMILES string of the molecule is Cc1ccc(NC(=O)c2c(-c3ccc(Cl)cc3)cc(-c3ccccc3)nc2N2CCOCC2)cc1. The number of benzene rings is 3. The quantitative estimate of drug-likeness (QED) is 0.353. The van der Waals surface area contributed by atoms with Crippen molar-refractivity contribution < 1.29 is 9.53 Å². The Bertz CT molecular complexity index is 1320. The van der Waals surface area contributed by atoms with E-state index in [1.807, 2.05) is 91.9 Å². The maximum Gasteiger partial charge on any atom is 0.260 e. The standard InChI is InChI=1S/C29H26ClN3O2/c1-20-7-13-24(14-8-20)31-29(34)27-25(21-9-11-23(30)12-10-21)19-26(22-5-3-2-4-6-22)32-28(27)33-15-17-35-18-16-33/h2-14,19H,15-18H2,1H3,(H,31,34). The summed E-state index contributed by atoms with van der Waals surface area (Å²) < 4.78 is 5.59. The van der Waals surface area contributed by atoms with Crippen LogP contribution in [-0.2, 0) is 4.74 Å². The second-order valence-electron chi connectivity index (χ2n) is 8.55. The van der Waals surface area contributed by atoms with Crippen LogP contribution in [0.4, 0.5) is 11.5 Å². The Hall–Kier alpha value is -3.67. The van der Waals surface area contributed by atoms with E-state index in [-0.39, 0.29) is 5.91 Å². The van der Waals surface area contributed by atoms with Gasteiger partial charge in [0.05, 0.1) is 24.5 Å². The smallest absolute Gasteiger partial charge is 0.260 e. The summed E-state index contributed by atoms with van der Waals surface area (Å²) in [4.78, 5) is 21.0. The van der Waals surface area contributed by atoms with Gasteiger partial charge in [-0.3, -0.25) is 4.79 Å². The molecule has 1 amide bonds. The number of nitrogens with one attached hydrogen (secondary N) is 1. The van der Waals surface area contributed by atoms with Gasteiger partial charge in [-0.15, -0.1) is 0 Å². The summed E-state index contributed by atoms with van der Waals surface area (Å²) in [5.74, 6) is 0.455. The first-order valence-corrected chi connectivity index (χ1v) is 12.0. The van der Waals surface area contributed by atoms with Crippen molar-refractivity contribution in [1.29, 1.82) is 0 Å². The molecule has 2 heterocycles. The number of aryl methyl sites for hydroxylation is 1. The lowest BCUT2D eigenvalue weighted by Crippen LogP contribution is -2.38. The lowest BCUT2D eigenvalue weighted by molar-refractivity contribution is 0.102. The second-order valence-corrected chi connectivity index (χ2v) is 8.98. The molecule has 5 nitrogen and oxygen atoms in total. The molecule has 1 aromatic heterocycles. The number of anilines is 2. The van der Waals surface area contributed by atoms with Gasteiger partial charge in [-0.05, 0) is 42.8 Å². The van der Waals surface area contributed by atoms with Gasteiger partial charge in [0, 0.05) is 34.9 Å². The molecule has 1 aliphatic rings. The zero-order valence-corrected chi connectivity index (χ0v) is 20.3. The summed E-state index contributed by atoms with van der Waals surface area (Å²) >= 11 is 6.19. The van der Waals surface area contributed by atoms with E-state index >= 15 is 0 Å². The molecule has 5 rings (SSSR count). The summed E-state index contributed by atoms with van der Waals surface area (Å²) in [7, 11) is 0. The number of morpholine rings is 1. The van der Waals surface area contributed by atoms with Crippen LogP contribution in [0.5, 0.6) is 0 Å². The van der Waals surface area contributed by atoms with E-state index in [4.69, 9.17) is 21.3 Å². The highest BCUT2D eigenvalue weighted by atomic mass is 35.5. The van der Waals surface area contributed by atoms with Crippen LogP contribution in [0.25, 0.3) is 22.4 Å². The molecule has 0 unspecified atom stereocenters. The largest absolute Gasteiger partial charge is 0.378 e. The minimum atomic E-state index is -0.201. The summed E-state index contributed by atoms with van der Waals surface area (Å²) in [6.07, 6.45) is 0. The Kier molecular flexibility index (Phi) is 6.80. The van der Waals surface area contributed by atoms with Gasteiger partial charge in [0.25, 0.3) is 5.91 Å². The number of aromatic nitrogens is 1. The zero-order valence-electron chi connectivity index (χ0n) is 19.5. The molecule has 0 aliphatic carbocycles. The van der Waals surface area contributed by atoms with Crippen LogP contribution in [0.3, 0.4) is 0 Å². The Morgan fingerprint density at radius 2 is 1.60 bits per heavy atom. The first kappa shape index (κ1) is 23.1. The molecule has 6 heteroatoms. The van der Waals surface area contributed by atoms with Crippen LogP contribution < -0.4 is 10.2 Å². The van der Waals surface area contributed by atoms with Gasteiger partial charge in [-0.2, -0.15) is 0 Å². The highest BCUT2D eigenvalue weighted by Gasteiger charge is 2.26. The highest BCUT2D eigenvalue weighted by molar-refractivity contribution is 6.30. The Balaban J connectivity index is 1.70. The minimum Gasteiger partial charge on any atom is -0.378 e. The van der Waals surface area contributed by atoms with Gasteiger partial charge < -0.3 is 15.0 Å². The van der Waals surface area contributed by atoms with Gasteiger partial charge in [0.15, 0.2) is 0 Å². The van der Waals surface area contributed by atoms with E-state index < -0.39 is 0 Å². The van der Waals surface area contributed by atoms with E-state index in [0.717, 1.165) is 33.6 Å². The predicted molar refractivity (Wildman–Crippen MR) is 142 cm³/mol. The number of amides is 1. The molecule has 0 radical (unpaired) electrons.